The van der Waals surface area contributed by atoms with Crippen LogP contribution in [-0.4, -0.2) is 25.6 Å². The minimum absolute atomic E-state index is 0.132. The van der Waals surface area contributed by atoms with Gasteiger partial charge >= 0.3 is 6.18 Å². The van der Waals surface area contributed by atoms with Gasteiger partial charge < -0.3 is 14.4 Å². The minimum Gasteiger partial charge on any atom is -0.336 e. The van der Waals surface area contributed by atoms with E-state index < -0.39 is 17.9 Å². The maximum atomic E-state index is 13.1. The van der Waals surface area contributed by atoms with E-state index in [1.165, 1.54) is 25.2 Å². The van der Waals surface area contributed by atoms with Gasteiger partial charge in [-0.25, -0.2) is 9.97 Å². The fourth-order valence-corrected chi connectivity index (χ4v) is 3.24. The monoisotopic (exact) mass is 403 g/mol. The fourth-order valence-electron chi connectivity index (χ4n) is 3.24. The SMILES string of the molecule is CCc1cc(C(=O)Nc2ccc3c(c2)nc(C(F)(F)F)n3C)c2c(C)noc2n1. The van der Waals surface area contributed by atoms with Gasteiger partial charge in [-0.2, -0.15) is 13.2 Å². The first kappa shape index (κ1) is 18.9. The Morgan fingerprint density at radius 2 is 2.00 bits per heavy atom. The topological polar surface area (TPSA) is 85.8 Å². The first-order valence-corrected chi connectivity index (χ1v) is 8.80. The van der Waals surface area contributed by atoms with Crippen molar-refractivity contribution in [2.45, 2.75) is 26.4 Å². The third-order valence-corrected chi connectivity index (χ3v) is 4.67. The third kappa shape index (κ3) is 3.20. The van der Waals surface area contributed by atoms with Crippen molar-refractivity contribution in [1.29, 1.82) is 0 Å². The molecule has 7 nitrogen and oxygen atoms in total. The predicted octanol–water partition coefficient (Wildman–Crippen LogP) is 4.25. The molecular formula is C19H16F3N5O2. The number of rotatable bonds is 3. The number of aromatic nitrogens is 4. The lowest BCUT2D eigenvalue weighted by molar-refractivity contribution is -0.146. The van der Waals surface area contributed by atoms with Crippen molar-refractivity contribution in [3.8, 4) is 0 Å². The second kappa shape index (κ2) is 6.57. The molecule has 0 fully saturated rings. The summed E-state index contributed by atoms with van der Waals surface area (Å²) >= 11 is 0. The van der Waals surface area contributed by atoms with Gasteiger partial charge in [0.25, 0.3) is 11.6 Å². The van der Waals surface area contributed by atoms with Crippen LogP contribution in [0.5, 0.6) is 0 Å². The van der Waals surface area contributed by atoms with Gasteiger partial charge in [0.15, 0.2) is 0 Å². The van der Waals surface area contributed by atoms with Crippen molar-refractivity contribution in [3.63, 3.8) is 0 Å². The summed E-state index contributed by atoms with van der Waals surface area (Å²) in [6.45, 7) is 3.60. The molecule has 0 atom stereocenters. The summed E-state index contributed by atoms with van der Waals surface area (Å²) in [4.78, 5) is 20.9. The van der Waals surface area contributed by atoms with E-state index in [1.807, 2.05) is 6.92 Å². The molecule has 1 N–H and O–H groups in total. The zero-order valence-corrected chi connectivity index (χ0v) is 15.8. The molecule has 3 aromatic heterocycles. The first-order valence-electron chi connectivity index (χ1n) is 8.80. The predicted molar refractivity (Wildman–Crippen MR) is 99.6 cm³/mol. The Balaban J connectivity index is 1.73. The number of fused-ring (bicyclic) bond motifs is 2. The van der Waals surface area contributed by atoms with Gasteiger partial charge in [-0.1, -0.05) is 12.1 Å². The van der Waals surface area contributed by atoms with Crippen LogP contribution in [-0.2, 0) is 19.6 Å². The molecule has 0 saturated heterocycles. The van der Waals surface area contributed by atoms with Crippen molar-refractivity contribution < 1.29 is 22.5 Å². The van der Waals surface area contributed by atoms with Gasteiger partial charge in [-0.15, -0.1) is 0 Å². The highest BCUT2D eigenvalue weighted by Crippen LogP contribution is 2.31. The standard InChI is InChI=1S/C19H16F3N5O2/c1-4-10-7-12(15-9(2)26-29-17(15)24-10)16(28)23-11-5-6-14-13(8-11)25-18(27(14)3)19(20,21)22/h5-8H,4H2,1-3H3,(H,23,28). The number of hydrogen-bond donors (Lipinski definition) is 1. The zero-order valence-electron chi connectivity index (χ0n) is 15.8. The molecule has 1 amide bonds. The number of anilines is 1. The van der Waals surface area contributed by atoms with Crippen LogP contribution < -0.4 is 5.32 Å². The van der Waals surface area contributed by atoms with Crippen LogP contribution in [0, 0.1) is 6.92 Å². The molecule has 0 radical (unpaired) electrons. The summed E-state index contributed by atoms with van der Waals surface area (Å²) < 4.78 is 45.4. The maximum Gasteiger partial charge on any atom is 0.449 e. The van der Waals surface area contributed by atoms with Gasteiger partial charge in [0.05, 0.1) is 27.7 Å². The van der Waals surface area contributed by atoms with Gasteiger partial charge in [0.2, 0.25) is 5.82 Å². The first-order chi connectivity index (χ1) is 13.7. The minimum atomic E-state index is -4.57. The average molecular weight is 403 g/mol. The lowest BCUT2D eigenvalue weighted by Gasteiger charge is -2.08. The highest BCUT2D eigenvalue weighted by molar-refractivity contribution is 6.12. The summed E-state index contributed by atoms with van der Waals surface area (Å²) in [5, 5.41) is 7.07. The molecule has 10 heteroatoms. The molecule has 0 bridgehead atoms. The Bertz CT molecular complexity index is 1260. The van der Waals surface area contributed by atoms with E-state index in [4.69, 9.17) is 4.52 Å². The molecular weight excluding hydrogens is 387 g/mol. The number of halogens is 3. The molecule has 3 heterocycles. The molecule has 0 aliphatic heterocycles. The Morgan fingerprint density at radius 1 is 1.24 bits per heavy atom. The molecule has 0 spiro atoms. The van der Waals surface area contributed by atoms with Crippen LogP contribution >= 0.6 is 0 Å². The summed E-state index contributed by atoms with van der Waals surface area (Å²) in [6, 6.07) is 6.07. The van der Waals surface area contributed by atoms with Gasteiger partial charge in [-0.3, -0.25) is 4.79 Å². The summed E-state index contributed by atoms with van der Waals surface area (Å²) in [5.74, 6) is -1.44. The number of nitrogens with zero attached hydrogens (tertiary/aromatic N) is 4. The molecule has 0 unspecified atom stereocenters. The van der Waals surface area contributed by atoms with Gasteiger partial charge in [-0.05, 0) is 37.6 Å². The number of hydrogen-bond acceptors (Lipinski definition) is 5. The number of imidazole rings is 1. The molecule has 1 aromatic carbocycles. The summed E-state index contributed by atoms with van der Waals surface area (Å²) in [7, 11) is 1.30. The normalized spacial score (nSPS) is 12.1. The van der Waals surface area contributed by atoms with E-state index >= 15 is 0 Å². The number of amides is 1. The van der Waals surface area contributed by atoms with E-state index in [-0.39, 0.29) is 11.2 Å². The van der Waals surface area contributed by atoms with Crippen LogP contribution in [0.2, 0.25) is 0 Å². The van der Waals surface area contributed by atoms with Crippen LogP contribution in [0.4, 0.5) is 18.9 Å². The quantitative estimate of drug-likeness (QED) is 0.553. The highest BCUT2D eigenvalue weighted by Gasteiger charge is 2.36. The molecule has 0 aliphatic carbocycles. The number of alkyl halides is 3. The summed E-state index contributed by atoms with van der Waals surface area (Å²) in [6.07, 6.45) is -3.97. The Labute approximate surface area is 162 Å². The van der Waals surface area contributed by atoms with Crippen molar-refractivity contribution in [3.05, 3.63) is 47.0 Å². The second-order valence-corrected chi connectivity index (χ2v) is 6.61. The number of pyridine rings is 1. The fraction of sp³-hybridized carbons (Fsp3) is 0.263. The number of aryl methyl sites for hydroxylation is 3. The van der Waals surface area contributed by atoms with Crippen LogP contribution in [0.15, 0.2) is 28.8 Å². The van der Waals surface area contributed by atoms with Crippen LogP contribution in [0.1, 0.15) is 34.5 Å². The third-order valence-electron chi connectivity index (χ3n) is 4.67. The highest BCUT2D eigenvalue weighted by atomic mass is 19.4. The van der Waals surface area contributed by atoms with E-state index in [2.05, 4.69) is 20.4 Å². The van der Waals surface area contributed by atoms with Crippen LogP contribution in [0.25, 0.3) is 22.1 Å². The molecule has 0 saturated carbocycles. The van der Waals surface area contributed by atoms with E-state index in [1.54, 1.807) is 13.0 Å². The lowest BCUT2D eigenvalue weighted by Crippen LogP contribution is -2.13. The van der Waals surface area contributed by atoms with Gasteiger partial charge in [0, 0.05) is 18.4 Å². The van der Waals surface area contributed by atoms with E-state index in [0.717, 1.165) is 4.57 Å². The zero-order chi connectivity index (χ0) is 20.9. The average Bonchev–Trinajstić information content (AvgIpc) is 3.21. The molecule has 4 aromatic rings. The molecule has 0 aliphatic rings. The van der Waals surface area contributed by atoms with Crippen molar-refractivity contribution in [2.75, 3.05) is 5.32 Å². The van der Waals surface area contributed by atoms with E-state index in [9.17, 15) is 18.0 Å². The van der Waals surface area contributed by atoms with Crippen molar-refractivity contribution in [2.24, 2.45) is 7.05 Å². The number of benzene rings is 1. The number of carbonyl (C=O) groups is 1. The van der Waals surface area contributed by atoms with Crippen molar-refractivity contribution >= 4 is 33.7 Å². The van der Waals surface area contributed by atoms with Crippen LogP contribution in [0.3, 0.4) is 0 Å². The number of nitrogens with one attached hydrogen (secondary N) is 1. The Hall–Kier alpha value is -3.43. The molecule has 4 rings (SSSR count). The van der Waals surface area contributed by atoms with Gasteiger partial charge in [0.1, 0.15) is 0 Å². The van der Waals surface area contributed by atoms with Crippen molar-refractivity contribution in [1.82, 2.24) is 19.7 Å². The Morgan fingerprint density at radius 3 is 2.69 bits per heavy atom. The number of carbonyl (C=O) groups excluding carboxylic acids is 1. The Kier molecular flexibility index (Phi) is 4.29. The smallest absolute Gasteiger partial charge is 0.336 e. The maximum absolute atomic E-state index is 13.1. The second-order valence-electron chi connectivity index (χ2n) is 6.61. The lowest BCUT2D eigenvalue weighted by atomic mass is 10.1. The summed E-state index contributed by atoms with van der Waals surface area (Å²) in [5.41, 5.74) is 2.55. The molecule has 150 valence electrons. The van der Waals surface area contributed by atoms with E-state index in [0.29, 0.717) is 40.0 Å². The molecule has 29 heavy (non-hydrogen) atoms. The largest absolute Gasteiger partial charge is 0.449 e.